The lowest BCUT2D eigenvalue weighted by molar-refractivity contribution is -0.126. The maximum absolute atomic E-state index is 12.5. The van der Waals surface area contributed by atoms with E-state index in [9.17, 15) is 13.2 Å². The van der Waals surface area contributed by atoms with Gasteiger partial charge in [0.15, 0.2) is 0 Å². The number of sulfonamides is 1. The van der Waals surface area contributed by atoms with Gasteiger partial charge in [-0.25, -0.2) is 12.7 Å². The Hall–Kier alpha value is -1.97. The number of aromatic nitrogens is 2. The fourth-order valence-corrected chi connectivity index (χ4v) is 5.11. The first-order chi connectivity index (χ1) is 13.9. The van der Waals surface area contributed by atoms with E-state index in [4.69, 9.17) is 16.1 Å². The number of nitrogens with one attached hydrogen (secondary N) is 1. The normalized spacial score (nSPS) is 17.9. The molecule has 0 radical (unpaired) electrons. The zero-order chi connectivity index (χ0) is 20.9. The highest BCUT2D eigenvalue weighted by Gasteiger charge is 2.31. The second-order valence-corrected chi connectivity index (χ2v) is 9.60. The Morgan fingerprint density at radius 2 is 2.24 bits per heavy atom. The summed E-state index contributed by atoms with van der Waals surface area (Å²) >= 11 is 5.97. The van der Waals surface area contributed by atoms with Gasteiger partial charge >= 0.3 is 0 Å². The first kappa shape index (κ1) is 21.7. The van der Waals surface area contributed by atoms with E-state index in [1.54, 1.807) is 12.1 Å². The fraction of sp³-hybridized carbons (Fsp3) is 0.526. The van der Waals surface area contributed by atoms with Crippen molar-refractivity contribution < 1.29 is 17.7 Å². The van der Waals surface area contributed by atoms with E-state index in [2.05, 4.69) is 15.5 Å². The van der Waals surface area contributed by atoms with Crippen molar-refractivity contribution in [2.75, 3.05) is 25.4 Å². The SMILES string of the molecule is CCCS(=O)(=O)N1CCCC(C(=O)NCCc2nc(-c3cccc(Cl)c3)no2)C1. The molecule has 1 aromatic heterocycles. The topological polar surface area (TPSA) is 105 Å². The van der Waals surface area contributed by atoms with Gasteiger partial charge < -0.3 is 9.84 Å². The zero-order valence-electron chi connectivity index (χ0n) is 16.3. The standard InChI is InChI=1S/C19H25ClN4O4S/c1-2-11-29(26,27)24-10-4-6-15(13-24)19(25)21-9-8-17-22-18(23-28-17)14-5-3-7-16(20)12-14/h3,5,7,12,15H,2,4,6,8-11,13H2,1H3,(H,21,25). The Kier molecular flexibility index (Phi) is 7.26. The second-order valence-electron chi connectivity index (χ2n) is 7.08. The van der Waals surface area contributed by atoms with Gasteiger partial charge in [-0.3, -0.25) is 4.79 Å². The van der Waals surface area contributed by atoms with Gasteiger partial charge in [-0.1, -0.05) is 35.8 Å². The van der Waals surface area contributed by atoms with Gasteiger partial charge in [-0.05, 0) is 31.4 Å². The van der Waals surface area contributed by atoms with Crippen LogP contribution in [0.3, 0.4) is 0 Å². The molecule has 8 nitrogen and oxygen atoms in total. The van der Waals surface area contributed by atoms with E-state index in [0.717, 1.165) is 5.56 Å². The number of amides is 1. The van der Waals surface area contributed by atoms with E-state index in [1.807, 2.05) is 19.1 Å². The van der Waals surface area contributed by atoms with Crippen molar-refractivity contribution in [3.8, 4) is 11.4 Å². The van der Waals surface area contributed by atoms with Gasteiger partial charge in [0.05, 0.1) is 11.7 Å². The average molecular weight is 441 g/mol. The largest absolute Gasteiger partial charge is 0.355 e. The van der Waals surface area contributed by atoms with E-state index in [0.29, 0.717) is 55.5 Å². The minimum Gasteiger partial charge on any atom is -0.355 e. The summed E-state index contributed by atoms with van der Waals surface area (Å²) in [4.78, 5) is 16.8. The lowest BCUT2D eigenvalue weighted by Gasteiger charge is -2.31. The predicted octanol–water partition coefficient (Wildman–Crippen LogP) is 2.50. The molecule has 1 aromatic carbocycles. The van der Waals surface area contributed by atoms with E-state index < -0.39 is 10.0 Å². The molecule has 3 rings (SSSR count). The highest BCUT2D eigenvalue weighted by molar-refractivity contribution is 7.89. The minimum absolute atomic E-state index is 0.119. The fourth-order valence-electron chi connectivity index (χ4n) is 3.33. The number of hydrogen-bond donors (Lipinski definition) is 1. The van der Waals surface area contributed by atoms with Crippen molar-refractivity contribution in [3.63, 3.8) is 0 Å². The summed E-state index contributed by atoms with van der Waals surface area (Å²) in [6.07, 6.45) is 2.33. The van der Waals surface area contributed by atoms with Crippen molar-refractivity contribution in [2.24, 2.45) is 5.92 Å². The third kappa shape index (κ3) is 5.77. The third-order valence-corrected chi connectivity index (χ3v) is 7.08. The second kappa shape index (κ2) is 9.69. The van der Waals surface area contributed by atoms with Crippen LogP contribution in [0.2, 0.25) is 5.02 Å². The van der Waals surface area contributed by atoms with Crippen molar-refractivity contribution in [1.29, 1.82) is 0 Å². The molecule has 10 heteroatoms. The summed E-state index contributed by atoms with van der Waals surface area (Å²) in [5, 5.41) is 7.38. The highest BCUT2D eigenvalue weighted by atomic mass is 35.5. The van der Waals surface area contributed by atoms with Crippen LogP contribution in [0.4, 0.5) is 0 Å². The van der Waals surface area contributed by atoms with Crippen LogP contribution in [-0.2, 0) is 21.2 Å². The van der Waals surface area contributed by atoms with Gasteiger partial charge in [0, 0.05) is 36.6 Å². The van der Waals surface area contributed by atoms with Crippen LogP contribution in [0.5, 0.6) is 0 Å². The van der Waals surface area contributed by atoms with Crippen LogP contribution in [-0.4, -0.2) is 54.2 Å². The molecule has 1 N–H and O–H groups in total. The highest BCUT2D eigenvalue weighted by Crippen LogP contribution is 2.21. The number of piperidine rings is 1. The molecule has 0 bridgehead atoms. The first-order valence-electron chi connectivity index (χ1n) is 9.73. The Morgan fingerprint density at radius 1 is 1.41 bits per heavy atom. The molecule has 2 aromatic rings. The molecular weight excluding hydrogens is 416 g/mol. The van der Waals surface area contributed by atoms with Gasteiger partial charge in [0.25, 0.3) is 0 Å². The average Bonchev–Trinajstić information content (AvgIpc) is 3.17. The zero-order valence-corrected chi connectivity index (χ0v) is 17.9. The molecule has 0 aliphatic carbocycles. The maximum atomic E-state index is 12.5. The molecule has 2 heterocycles. The molecule has 1 amide bonds. The molecule has 0 spiro atoms. The van der Waals surface area contributed by atoms with Crippen LogP contribution >= 0.6 is 11.6 Å². The Balaban J connectivity index is 1.50. The van der Waals surface area contributed by atoms with Gasteiger partial charge in [-0.15, -0.1) is 0 Å². The molecule has 158 valence electrons. The molecule has 0 saturated carbocycles. The van der Waals surface area contributed by atoms with Crippen LogP contribution < -0.4 is 5.32 Å². The number of carbonyl (C=O) groups excluding carboxylic acids is 1. The number of carbonyl (C=O) groups is 1. The number of benzene rings is 1. The summed E-state index contributed by atoms with van der Waals surface area (Å²) in [7, 11) is -3.28. The molecular formula is C19H25ClN4O4S. The summed E-state index contributed by atoms with van der Waals surface area (Å²) in [6.45, 7) is 2.91. The molecule has 1 unspecified atom stereocenters. The van der Waals surface area contributed by atoms with Gasteiger partial charge in [-0.2, -0.15) is 4.98 Å². The Bertz CT molecular complexity index is 947. The molecule has 1 fully saturated rings. The first-order valence-corrected chi connectivity index (χ1v) is 11.7. The number of halogens is 1. The molecule has 1 saturated heterocycles. The van der Waals surface area contributed by atoms with Crippen LogP contribution in [0.25, 0.3) is 11.4 Å². The smallest absolute Gasteiger partial charge is 0.228 e. The van der Waals surface area contributed by atoms with E-state index >= 15 is 0 Å². The van der Waals surface area contributed by atoms with Crippen molar-refractivity contribution >= 4 is 27.5 Å². The van der Waals surface area contributed by atoms with Crippen LogP contribution in [0, 0.1) is 5.92 Å². The lowest BCUT2D eigenvalue weighted by Crippen LogP contribution is -2.46. The minimum atomic E-state index is -3.28. The molecule has 1 aliphatic heterocycles. The summed E-state index contributed by atoms with van der Waals surface area (Å²) in [5.41, 5.74) is 0.757. The maximum Gasteiger partial charge on any atom is 0.228 e. The molecule has 1 aliphatic rings. The lowest BCUT2D eigenvalue weighted by atomic mass is 9.99. The number of rotatable bonds is 8. The Morgan fingerprint density at radius 3 is 3.00 bits per heavy atom. The van der Waals surface area contributed by atoms with Crippen LogP contribution in [0.1, 0.15) is 32.1 Å². The van der Waals surface area contributed by atoms with E-state index in [1.165, 1.54) is 4.31 Å². The van der Waals surface area contributed by atoms with Crippen molar-refractivity contribution in [1.82, 2.24) is 19.8 Å². The summed E-state index contributed by atoms with van der Waals surface area (Å²) in [6, 6.07) is 7.16. The molecule has 29 heavy (non-hydrogen) atoms. The monoisotopic (exact) mass is 440 g/mol. The van der Waals surface area contributed by atoms with Gasteiger partial charge in [0.2, 0.25) is 27.6 Å². The van der Waals surface area contributed by atoms with E-state index in [-0.39, 0.29) is 24.1 Å². The van der Waals surface area contributed by atoms with Crippen molar-refractivity contribution in [2.45, 2.75) is 32.6 Å². The van der Waals surface area contributed by atoms with Crippen LogP contribution in [0.15, 0.2) is 28.8 Å². The predicted molar refractivity (Wildman–Crippen MR) is 110 cm³/mol. The summed E-state index contributed by atoms with van der Waals surface area (Å²) in [5.74, 6) is 0.498. The third-order valence-electron chi connectivity index (χ3n) is 4.80. The number of nitrogens with zero attached hydrogens (tertiary/aromatic N) is 3. The quantitative estimate of drug-likeness (QED) is 0.676. The molecule has 1 atom stereocenters. The Labute approximate surface area is 175 Å². The van der Waals surface area contributed by atoms with Crippen molar-refractivity contribution in [3.05, 3.63) is 35.2 Å². The van der Waals surface area contributed by atoms with Gasteiger partial charge in [0.1, 0.15) is 0 Å². The number of hydrogen-bond acceptors (Lipinski definition) is 6. The summed E-state index contributed by atoms with van der Waals surface area (Å²) < 4.78 is 31.2.